The summed E-state index contributed by atoms with van der Waals surface area (Å²) in [5, 5.41) is 1.14. The highest BCUT2D eigenvalue weighted by atomic mass is 32.2. The van der Waals surface area contributed by atoms with E-state index in [1.54, 1.807) is 24.3 Å². The molecule has 0 amide bonds. The topological polar surface area (TPSA) is 54.5 Å². The molecule has 138 valence electrons. The lowest BCUT2D eigenvalue weighted by atomic mass is 10.2. The Kier molecular flexibility index (Phi) is 5.19. The van der Waals surface area contributed by atoms with Crippen LogP contribution in [0.2, 0.25) is 13.1 Å². The summed E-state index contributed by atoms with van der Waals surface area (Å²) in [6.07, 6.45) is 1.33. The van der Waals surface area contributed by atoms with E-state index in [2.05, 4.69) is 0 Å². The summed E-state index contributed by atoms with van der Waals surface area (Å²) in [7, 11) is -6.08. The first kappa shape index (κ1) is 19.0. The van der Waals surface area contributed by atoms with Gasteiger partial charge in [0.25, 0.3) is 0 Å². The number of carbonyl (C=O) groups is 1. The lowest BCUT2D eigenvalue weighted by molar-refractivity contribution is -0.115. The first-order chi connectivity index (χ1) is 12.2. The van der Waals surface area contributed by atoms with Crippen LogP contribution in [-0.4, -0.2) is 38.8 Å². The van der Waals surface area contributed by atoms with Gasteiger partial charge >= 0.3 is 0 Å². The zero-order valence-corrected chi connectivity index (χ0v) is 17.3. The molecule has 6 heteroatoms. The molecule has 0 bridgehead atoms. The van der Waals surface area contributed by atoms with Gasteiger partial charge in [-0.15, -0.1) is 0 Å². The van der Waals surface area contributed by atoms with Gasteiger partial charge in [0.15, 0.2) is 8.07 Å². The summed E-state index contributed by atoms with van der Waals surface area (Å²) in [5.41, 5.74) is 1.01. The van der Waals surface area contributed by atoms with Crippen molar-refractivity contribution < 1.29 is 13.2 Å². The standard InChI is InChI=1S/C20H25NO3SSi/c1-16-11-13-17(14-12-16)25(23,24)21-15-7-10-19(21)20(22)26(2,3)18-8-5-4-6-9-18/h4-6,8-9,11-14,19H,7,10,15H2,1-3H3/t19-/m0/s1. The van der Waals surface area contributed by atoms with Crippen LogP contribution in [0.5, 0.6) is 0 Å². The molecule has 1 aliphatic heterocycles. The number of benzene rings is 2. The smallest absolute Gasteiger partial charge is 0.243 e. The van der Waals surface area contributed by atoms with E-state index in [9.17, 15) is 13.2 Å². The van der Waals surface area contributed by atoms with Crippen LogP contribution in [0.3, 0.4) is 0 Å². The molecule has 0 radical (unpaired) electrons. The Labute approximate surface area is 156 Å². The van der Waals surface area contributed by atoms with Gasteiger partial charge in [-0.25, -0.2) is 8.42 Å². The van der Waals surface area contributed by atoms with Crippen molar-refractivity contribution in [3.05, 3.63) is 60.2 Å². The van der Waals surface area contributed by atoms with Crippen LogP contribution in [0.1, 0.15) is 18.4 Å². The minimum Gasteiger partial charge on any atom is -0.303 e. The summed E-state index contributed by atoms with van der Waals surface area (Å²) in [6.45, 7) is 6.36. The molecule has 0 aromatic heterocycles. The average Bonchev–Trinajstić information content (AvgIpc) is 3.12. The maximum absolute atomic E-state index is 13.4. The molecule has 1 atom stereocenters. The molecule has 4 nitrogen and oxygen atoms in total. The largest absolute Gasteiger partial charge is 0.303 e. The van der Waals surface area contributed by atoms with Gasteiger partial charge in [0, 0.05) is 6.54 Å². The quantitative estimate of drug-likeness (QED) is 0.741. The van der Waals surface area contributed by atoms with Gasteiger partial charge in [0.05, 0.1) is 10.9 Å². The number of carbonyl (C=O) groups excluding carboxylic acids is 1. The Bertz CT molecular complexity index is 892. The molecule has 0 N–H and O–H groups in total. The molecule has 1 saturated heterocycles. The molecular formula is C20H25NO3SSi. The highest BCUT2D eigenvalue weighted by Gasteiger charge is 2.45. The Hall–Kier alpha value is -1.76. The van der Waals surface area contributed by atoms with Crippen LogP contribution < -0.4 is 5.19 Å². The predicted molar refractivity (Wildman–Crippen MR) is 107 cm³/mol. The summed E-state index contributed by atoms with van der Waals surface area (Å²) in [4.78, 5) is 13.6. The van der Waals surface area contributed by atoms with Crippen LogP contribution in [0.25, 0.3) is 0 Å². The minimum atomic E-state index is -3.66. The number of hydrogen-bond acceptors (Lipinski definition) is 3. The number of sulfonamides is 1. The van der Waals surface area contributed by atoms with E-state index >= 15 is 0 Å². The molecule has 1 aliphatic rings. The molecule has 26 heavy (non-hydrogen) atoms. The maximum Gasteiger partial charge on any atom is 0.243 e. The van der Waals surface area contributed by atoms with Gasteiger partial charge in [-0.05, 0) is 31.9 Å². The molecular weight excluding hydrogens is 362 g/mol. The lowest BCUT2D eigenvalue weighted by Gasteiger charge is -2.30. The zero-order valence-electron chi connectivity index (χ0n) is 15.5. The summed E-state index contributed by atoms with van der Waals surface area (Å²) in [6, 6.07) is 16.1. The van der Waals surface area contributed by atoms with Gasteiger partial charge in [-0.3, -0.25) is 0 Å². The fraction of sp³-hybridized carbons (Fsp3) is 0.350. The maximum atomic E-state index is 13.4. The predicted octanol–water partition coefficient (Wildman–Crippen LogP) is 2.87. The number of nitrogens with zero attached hydrogens (tertiary/aromatic N) is 1. The van der Waals surface area contributed by atoms with E-state index < -0.39 is 24.1 Å². The van der Waals surface area contributed by atoms with E-state index in [0.717, 1.165) is 17.2 Å². The molecule has 1 fully saturated rings. The van der Waals surface area contributed by atoms with Crippen LogP contribution in [0.15, 0.2) is 59.5 Å². The van der Waals surface area contributed by atoms with Crippen molar-refractivity contribution >= 4 is 28.7 Å². The van der Waals surface area contributed by atoms with E-state index in [-0.39, 0.29) is 10.3 Å². The minimum absolute atomic E-state index is 0.0943. The Morgan fingerprint density at radius 2 is 1.65 bits per heavy atom. The zero-order chi connectivity index (χ0) is 18.9. The van der Waals surface area contributed by atoms with Crippen molar-refractivity contribution in [3.8, 4) is 0 Å². The van der Waals surface area contributed by atoms with Crippen molar-refractivity contribution in [2.75, 3.05) is 6.54 Å². The van der Waals surface area contributed by atoms with Crippen LogP contribution in [0.4, 0.5) is 0 Å². The van der Waals surface area contributed by atoms with Crippen molar-refractivity contribution in [3.63, 3.8) is 0 Å². The van der Waals surface area contributed by atoms with Gasteiger partial charge < -0.3 is 4.79 Å². The number of aryl methyl sites for hydroxylation is 1. The highest BCUT2D eigenvalue weighted by Crippen LogP contribution is 2.29. The third-order valence-electron chi connectivity index (χ3n) is 5.25. The van der Waals surface area contributed by atoms with Crippen LogP contribution in [0, 0.1) is 6.92 Å². The van der Waals surface area contributed by atoms with E-state index in [1.807, 2.05) is 50.3 Å². The monoisotopic (exact) mass is 387 g/mol. The van der Waals surface area contributed by atoms with Crippen molar-refractivity contribution in [1.82, 2.24) is 4.31 Å². The summed E-state index contributed by atoms with van der Waals surface area (Å²) in [5.74, 6) is 0. The molecule has 0 saturated carbocycles. The first-order valence-corrected chi connectivity index (χ1v) is 13.4. The SMILES string of the molecule is Cc1ccc(S(=O)(=O)N2CCC[C@H]2C(=O)[Si](C)(C)c2ccccc2)cc1. The summed E-state index contributed by atoms with van der Waals surface area (Å²) >= 11 is 0. The fourth-order valence-corrected chi connectivity index (χ4v) is 7.74. The van der Waals surface area contributed by atoms with E-state index in [0.29, 0.717) is 13.0 Å². The average molecular weight is 388 g/mol. The first-order valence-electron chi connectivity index (χ1n) is 8.93. The van der Waals surface area contributed by atoms with Gasteiger partial charge in [0.2, 0.25) is 10.0 Å². The van der Waals surface area contributed by atoms with Crippen LogP contribution in [-0.2, 0) is 14.8 Å². The van der Waals surface area contributed by atoms with Crippen LogP contribution >= 0.6 is 0 Å². The third kappa shape index (κ3) is 3.41. The Balaban J connectivity index is 1.93. The Morgan fingerprint density at radius 3 is 2.27 bits per heavy atom. The molecule has 0 spiro atoms. The van der Waals surface area contributed by atoms with Crippen molar-refractivity contribution in [2.45, 2.75) is 43.8 Å². The second-order valence-electron chi connectivity index (χ2n) is 7.44. The normalized spacial score (nSPS) is 18.8. The highest BCUT2D eigenvalue weighted by molar-refractivity contribution is 7.89. The number of hydrogen-bond donors (Lipinski definition) is 0. The van der Waals surface area contributed by atoms with Gasteiger partial charge in [-0.2, -0.15) is 4.31 Å². The molecule has 1 heterocycles. The molecule has 2 aromatic rings. The van der Waals surface area contributed by atoms with Crippen molar-refractivity contribution in [1.29, 1.82) is 0 Å². The molecule has 3 rings (SSSR count). The van der Waals surface area contributed by atoms with Gasteiger partial charge in [0.1, 0.15) is 5.41 Å². The Morgan fingerprint density at radius 1 is 1.04 bits per heavy atom. The fourth-order valence-electron chi connectivity index (χ4n) is 3.55. The lowest BCUT2D eigenvalue weighted by Crippen LogP contribution is -2.57. The second kappa shape index (κ2) is 7.10. The van der Waals surface area contributed by atoms with Gasteiger partial charge in [-0.1, -0.05) is 66.3 Å². The third-order valence-corrected chi connectivity index (χ3v) is 10.5. The van der Waals surface area contributed by atoms with E-state index in [1.165, 1.54) is 4.31 Å². The van der Waals surface area contributed by atoms with Crippen molar-refractivity contribution in [2.24, 2.45) is 0 Å². The molecule has 0 unspecified atom stereocenters. The summed E-state index contributed by atoms with van der Waals surface area (Å²) < 4.78 is 27.7. The number of rotatable bonds is 5. The van der Waals surface area contributed by atoms with E-state index in [4.69, 9.17) is 0 Å². The molecule has 2 aromatic carbocycles. The second-order valence-corrected chi connectivity index (χ2v) is 13.7. The molecule has 0 aliphatic carbocycles.